The van der Waals surface area contributed by atoms with Gasteiger partial charge < -0.3 is 10.6 Å². The highest BCUT2D eigenvalue weighted by molar-refractivity contribution is 7.80. The molecule has 0 aromatic heterocycles. The third-order valence-corrected chi connectivity index (χ3v) is 4.56. The molecule has 2 rings (SSSR count). The highest BCUT2D eigenvalue weighted by atomic mass is 32.1. The third-order valence-electron chi connectivity index (χ3n) is 4.27. The number of likely N-dealkylation sites (tertiary alicyclic amines) is 1. The van der Waals surface area contributed by atoms with Crippen LogP contribution in [0.3, 0.4) is 0 Å². The lowest BCUT2D eigenvalue weighted by molar-refractivity contribution is 0.116. The van der Waals surface area contributed by atoms with E-state index in [1.54, 1.807) is 0 Å². The van der Waals surface area contributed by atoms with Gasteiger partial charge in [0, 0.05) is 25.2 Å². The molecule has 1 saturated heterocycles. The van der Waals surface area contributed by atoms with E-state index in [1.165, 1.54) is 31.4 Å². The van der Waals surface area contributed by atoms with Gasteiger partial charge in [0.05, 0.1) is 0 Å². The minimum Gasteiger partial charge on any atom is -0.361 e. The molecule has 1 fully saturated rings. The van der Waals surface area contributed by atoms with Gasteiger partial charge in [0.15, 0.2) is 5.11 Å². The maximum Gasteiger partial charge on any atom is 0.166 e. The van der Waals surface area contributed by atoms with E-state index in [-0.39, 0.29) is 0 Å². The van der Waals surface area contributed by atoms with Gasteiger partial charge in [0.1, 0.15) is 0 Å². The van der Waals surface area contributed by atoms with Crippen LogP contribution >= 0.6 is 12.2 Å². The fourth-order valence-electron chi connectivity index (χ4n) is 2.97. The summed E-state index contributed by atoms with van der Waals surface area (Å²) in [6, 6.07) is 11.6. The molecular formula is C17H27N3S. The fraction of sp³-hybridized carbons (Fsp3) is 0.588. The van der Waals surface area contributed by atoms with Crippen LogP contribution in [0.4, 0.5) is 0 Å². The Morgan fingerprint density at radius 3 is 2.76 bits per heavy atom. The first kappa shape index (κ1) is 16.2. The normalized spacial score (nSPS) is 20.8. The maximum atomic E-state index is 5.36. The number of rotatable bonds is 5. The van der Waals surface area contributed by atoms with Crippen LogP contribution in [-0.4, -0.2) is 35.2 Å². The molecule has 3 nitrogen and oxygen atoms in total. The van der Waals surface area contributed by atoms with Gasteiger partial charge in [-0.3, -0.25) is 4.90 Å². The second-order valence-corrected chi connectivity index (χ2v) is 6.39. The Kier molecular flexibility index (Phi) is 6.46. The van der Waals surface area contributed by atoms with Gasteiger partial charge in [-0.1, -0.05) is 36.8 Å². The SMILES string of the molecule is CC1CCCCN1C(C)CNC(=S)NCc1ccccc1. The Morgan fingerprint density at radius 2 is 2.05 bits per heavy atom. The minimum absolute atomic E-state index is 0.525. The first-order valence-electron chi connectivity index (χ1n) is 7.98. The highest BCUT2D eigenvalue weighted by Gasteiger charge is 2.22. The molecule has 0 amide bonds. The molecule has 2 unspecified atom stereocenters. The largest absolute Gasteiger partial charge is 0.361 e. The lowest BCUT2D eigenvalue weighted by Crippen LogP contribution is -2.49. The molecule has 0 aliphatic carbocycles. The average molecular weight is 305 g/mol. The Hall–Kier alpha value is -1.13. The monoisotopic (exact) mass is 305 g/mol. The zero-order valence-electron chi connectivity index (χ0n) is 13.1. The van der Waals surface area contributed by atoms with Crippen LogP contribution in [-0.2, 0) is 6.54 Å². The minimum atomic E-state index is 0.525. The van der Waals surface area contributed by atoms with Crippen molar-refractivity contribution >= 4 is 17.3 Å². The van der Waals surface area contributed by atoms with Crippen molar-refractivity contribution in [3.8, 4) is 0 Å². The van der Waals surface area contributed by atoms with E-state index >= 15 is 0 Å². The molecule has 1 aromatic carbocycles. The van der Waals surface area contributed by atoms with Gasteiger partial charge in [0.25, 0.3) is 0 Å². The lowest BCUT2D eigenvalue weighted by atomic mass is 10.0. The Bertz CT molecular complexity index is 435. The second kappa shape index (κ2) is 8.35. The van der Waals surface area contributed by atoms with E-state index in [0.717, 1.165) is 18.2 Å². The van der Waals surface area contributed by atoms with Crippen molar-refractivity contribution in [2.45, 2.75) is 51.7 Å². The van der Waals surface area contributed by atoms with E-state index < -0.39 is 0 Å². The van der Waals surface area contributed by atoms with Crippen LogP contribution < -0.4 is 10.6 Å². The predicted molar refractivity (Wildman–Crippen MR) is 93.4 cm³/mol. The molecule has 0 bridgehead atoms. The number of benzene rings is 1. The topological polar surface area (TPSA) is 27.3 Å². The van der Waals surface area contributed by atoms with E-state index in [9.17, 15) is 0 Å². The second-order valence-electron chi connectivity index (χ2n) is 5.98. The molecule has 0 radical (unpaired) electrons. The van der Waals surface area contributed by atoms with Crippen molar-refractivity contribution in [3.05, 3.63) is 35.9 Å². The van der Waals surface area contributed by atoms with Crippen molar-refractivity contribution in [2.24, 2.45) is 0 Å². The van der Waals surface area contributed by atoms with Gasteiger partial charge in [-0.25, -0.2) is 0 Å². The molecule has 0 spiro atoms. The van der Waals surface area contributed by atoms with E-state index in [0.29, 0.717) is 12.1 Å². The van der Waals surface area contributed by atoms with Crippen LogP contribution in [0.15, 0.2) is 30.3 Å². The molecule has 2 N–H and O–H groups in total. The molecule has 21 heavy (non-hydrogen) atoms. The number of thiocarbonyl (C=S) groups is 1. The van der Waals surface area contributed by atoms with E-state index in [1.807, 2.05) is 18.2 Å². The molecule has 4 heteroatoms. The van der Waals surface area contributed by atoms with Gasteiger partial charge in [-0.05, 0) is 51.0 Å². The summed E-state index contributed by atoms with van der Waals surface area (Å²) >= 11 is 5.36. The summed E-state index contributed by atoms with van der Waals surface area (Å²) in [5.41, 5.74) is 1.25. The molecule has 116 valence electrons. The van der Waals surface area contributed by atoms with Gasteiger partial charge >= 0.3 is 0 Å². The molecule has 0 saturated carbocycles. The number of hydrogen-bond donors (Lipinski definition) is 2. The summed E-state index contributed by atoms with van der Waals surface area (Å²) in [5, 5.41) is 7.37. The Labute approximate surface area is 134 Å². The Balaban J connectivity index is 1.68. The van der Waals surface area contributed by atoms with E-state index in [2.05, 4.69) is 41.5 Å². The molecule has 1 aliphatic rings. The highest BCUT2D eigenvalue weighted by Crippen LogP contribution is 2.18. The van der Waals surface area contributed by atoms with E-state index in [4.69, 9.17) is 12.2 Å². The third kappa shape index (κ3) is 5.29. The number of nitrogens with zero attached hydrogens (tertiary/aromatic N) is 1. The number of piperidine rings is 1. The lowest BCUT2D eigenvalue weighted by Gasteiger charge is -2.38. The van der Waals surface area contributed by atoms with Gasteiger partial charge in [-0.15, -0.1) is 0 Å². The van der Waals surface area contributed by atoms with Gasteiger partial charge in [-0.2, -0.15) is 0 Å². The number of hydrogen-bond acceptors (Lipinski definition) is 2. The molecular weight excluding hydrogens is 278 g/mol. The van der Waals surface area contributed by atoms with Crippen molar-refractivity contribution < 1.29 is 0 Å². The van der Waals surface area contributed by atoms with Crippen LogP contribution in [0.25, 0.3) is 0 Å². The van der Waals surface area contributed by atoms with Crippen molar-refractivity contribution in [1.82, 2.24) is 15.5 Å². The summed E-state index contributed by atoms with van der Waals surface area (Å²) in [6.45, 7) is 7.52. The van der Waals surface area contributed by atoms with Crippen LogP contribution in [0, 0.1) is 0 Å². The zero-order chi connectivity index (χ0) is 15.1. The number of nitrogens with one attached hydrogen (secondary N) is 2. The predicted octanol–water partition coefficient (Wildman–Crippen LogP) is 2.91. The summed E-state index contributed by atoms with van der Waals surface area (Å²) in [4.78, 5) is 2.59. The quantitative estimate of drug-likeness (QED) is 0.818. The van der Waals surface area contributed by atoms with Crippen molar-refractivity contribution in [1.29, 1.82) is 0 Å². The first-order chi connectivity index (χ1) is 10.2. The fourth-order valence-corrected chi connectivity index (χ4v) is 3.13. The van der Waals surface area contributed by atoms with Crippen molar-refractivity contribution in [3.63, 3.8) is 0 Å². The molecule has 2 atom stereocenters. The summed E-state index contributed by atoms with van der Waals surface area (Å²) < 4.78 is 0. The molecule has 1 aromatic rings. The van der Waals surface area contributed by atoms with Gasteiger partial charge in [0.2, 0.25) is 0 Å². The zero-order valence-corrected chi connectivity index (χ0v) is 14.0. The Morgan fingerprint density at radius 1 is 1.29 bits per heavy atom. The standard InChI is InChI=1S/C17H27N3S/c1-14-8-6-7-11-20(14)15(2)12-18-17(21)19-13-16-9-4-3-5-10-16/h3-5,9-10,14-15H,6-8,11-13H2,1-2H3,(H2,18,19,21). The maximum absolute atomic E-state index is 5.36. The summed E-state index contributed by atoms with van der Waals surface area (Å²) in [6.07, 6.45) is 4.02. The van der Waals surface area contributed by atoms with Crippen LogP contribution in [0.2, 0.25) is 0 Å². The van der Waals surface area contributed by atoms with Crippen LogP contribution in [0.1, 0.15) is 38.7 Å². The average Bonchev–Trinajstić information content (AvgIpc) is 2.52. The summed E-state index contributed by atoms with van der Waals surface area (Å²) in [7, 11) is 0. The summed E-state index contributed by atoms with van der Waals surface area (Å²) in [5.74, 6) is 0. The van der Waals surface area contributed by atoms with Crippen molar-refractivity contribution in [2.75, 3.05) is 13.1 Å². The first-order valence-corrected chi connectivity index (χ1v) is 8.39. The van der Waals surface area contributed by atoms with Crippen LogP contribution in [0.5, 0.6) is 0 Å². The smallest absolute Gasteiger partial charge is 0.166 e. The molecule has 1 aliphatic heterocycles. The molecule has 1 heterocycles.